The Bertz CT molecular complexity index is 2010. The van der Waals surface area contributed by atoms with E-state index in [1.54, 1.807) is 21.2 Å². The molecule has 1 saturated heterocycles. The third-order valence-electron chi connectivity index (χ3n) is 9.77. The molecular weight excluding hydrogens is 727 g/mol. The first-order chi connectivity index (χ1) is 26.2. The third-order valence-corrected chi connectivity index (χ3v) is 10.8. The highest BCUT2D eigenvalue weighted by atomic mass is 35.5. The van der Waals surface area contributed by atoms with Gasteiger partial charge in [0.15, 0.2) is 7.98 Å². The largest absolute Gasteiger partial charge is 0.497 e. The van der Waals surface area contributed by atoms with E-state index in [1.165, 1.54) is 16.8 Å². The van der Waals surface area contributed by atoms with Crippen LogP contribution in [-0.2, 0) is 19.2 Å². The number of pyridine rings is 1. The monoisotopic (exact) mass is 768 g/mol. The number of nitrogens with one attached hydrogen (secondary N) is 4. The van der Waals surface area contributed by atoms with Crippen LogP contribution in [0.3, 0.4) is 0 Å². The Morgan fingerprint density at radius 2 is 1.83 bits per heavy atom. The predicted molar refractivity (Wildman–Crippen MR) is 212 cm³/mol. The van der Waals surface area contributed by atoms with Crippen molar-refractivity contribution in [2.75, 3.05) is 26.1 Å². The molecule has 5 atom stereocenters. The third kappa shape index (κ3) is 8.67. The van der Waals surface area contributed by atoms with E-state index in [0.29, 0.717) is 29.1 Å². The van der Waals surface area contributed by atoms with E-state index >= 15 is 0 Å². The molecule has 4 aromatic rings. The Labute approximate surface area is 324 Å². The number of aromatic nitrogens is 1. The number of fused-ring (bicyclic) bond motifs is 1. The molecule has 4 N–H and O–H groups in total. The number of rotatable bonds is 16. The van der Waals surface area contributed by atoms with Gasteiger partial charge in [-0.2, -0.15) is 0 Å². The molecule has 280 valence electrons. The predicted octanol–water partition coefficient (Wildman–Crippen LogP) is 3.39. The van der Waals surface area contributed by atoms with Crippen LogP contribution < -0.4 is 30.1 Å². The highest BCUT2D eigenvalue weighted by molar-refractivity contribution is 7.98. The van der Waals surface area contributed by atoms with Gasteiger partial charge in [-0.3, -0.25) is 23.9 Å². The standard InChI is InChI=1S/C39H42BClN6O6S/c1-3-25-21-39(25,38(51)46-54-28-12-8-5-9-13-28)44-36(49)33-19-27(23-47(33)37(50)30(45-40)16-17-42-35(48)22-41)53-34-20-31(24-10-6-4-7-11-24)43-32-18-26(52-2)14-15-29(32)34/h3-15,18,20,25,27,30,33,45H,1,16-17,19,21-23,40H2,2H3,(H,42,48)(H,44,49)(H,46,51)/t25-,27-,30+,33+,39-/m1/s1. The summed E-state index contributed by atoms with van der Waals surface area (Å²) in [6.07, 6.45) is 1.86. The molecule has 0 spiro atoms. The zero-order valence-electron chi connectivity index (χ0n) is 30.0. The van der Waals surface area contributed by atoms with Gasteiger partial charge in [0.1, 0.15) is 35.1 Å². The summed E-state index contributed by atoms with van der Waals surface area (Å²) in [6, 6.07) is 24.8. The lowest BCUT2D eigenvalue weighted by molar-refractivity contribution is -0.141. The zero-order valence-corrected chi connectivity index (χ0v) is 31.6. The Morgan fingerprint density at radius 1 is 1.09 bits per heavy atom. The molecule has 2 aliphatic rings. The van der Waals surface area contributed by atoms with Crippen molar-refractivity contribution in [2.45, 2.75) is 47.9 Å². The Kier molecular flexibility index (Phi) is 12.5. The van der Waals surface area contributed by atoms with Crippen molar-refractivity contribution in [3.05, 3.63) is 97.6 Å². The maximum atomic E-state index is 14.3. The highest BCUT2D eigenvalue weighted by Gasteiger charge is 2.61. The topological polar surface area (TPSA) is 151 Å². The van der Waals surface area contributed by atoms with Crippen molar-refractivity contribution in [3.8, 4) is 22.8 Å². The van der Waals surface area contributed by atoms with E-state index in [0.717, 1.165) is 15.8 Å². The molecule has 12 nitrogen and oxygen atoms in total. The first kappa shape index (κ1) is 38.7. The zero-order chi connectivity index (χ0) is 38.2. The summed E-state index contributed by atoms with van der Waals surface area (Å²) in [7, 11) is 3.24. The summed E-state index contributed by atoms with van der Waals surface area (Å²) >= 11 is 6.81. The Hall–Kier alpha value is -5.05. The maximum absolute atomic E-state index is 14.3. The molecule has 54 heavy (non-hydrogen) atoms. The molecule has 6 rings (SSSR count). The number of halogens is 1. The van der Waals surface area contributed by atoms with Crippen LogP contribution >= 0.6 is 23.5 Å². The van der Waals surface area contributed by atoms with Gasteiger partial charge < -0.3 is 30.2 Å². The molecule has 1 saturated carbocycles. The first-order valence-corrected chi connectivity index (χ1v) is 19.0. The minimum atomic E-state index is -1.21. The van der Waals surface area contributed by atoms with Gasteiger partial charge in [-0.1, -0.05) is 54.6 Å². The van der Waals surface area contributed by atoms with Gasteiger partial charge in [0, 0.05) is 46.9 Å². The summed E-state index contributed by atoms with van der Waals surface area (Å²) in [6.45, 7) is 4.18. The van der Waals surface area contributed by atoms with Gasteiger partial charge in [-0.05, 0) is 49.1 Å². The number of carbonyl (C=O) groups excluding carboxylic acids is 4. The van der Waals surface area contributed by atoms with Crippen LogP contribution in [0, 0.1) is 5.92 Å². The fourth-order valence-corrected chi connectivity index (χ4v) is 7.51. The fraction of sp³-hybridized carbons (Fsp3) is 0.308. The lowest BCUT2D eigenvalue weighted by Gasteiger charge is -2.29. The number of carbonyl (C=O) groups is 4. The number of nitrogens with zero attached hydrogens (tertiary/aromatic N) is 2. The van der Waals surface area contributed by atoms with E-state index in [2.05, 4.69) is 27.2 Å². The number of methoxy groups -OCH3 is 1. The molecule has 1 aromatic heterocycles. The van der Waals surface area contributed by atoms with Gasteiger partial charge in [0.25, 0.3) is 5.91 Å². The van der Waals surface area contributed by atoms with Gasteiger partial charge in [0.05, 0.1) is 30.9 Å². The molecule has 1 aliphatic heterocycles. The summed E-state index contributed by atoms with van der Waals surface area (Å²) in [5.74, 6) is -0.825. The highest BCUT2D eigenvalue weighted by Crippen LogP contribution is 2.45. The number of likely N-dealkylation sites (tertiary alicyclic amines) is 1. The van der Waals surface area contributed by atoms with Crippen molar-refractivity contribution >= 4 is 66.1 Å². The summed E-state index contributed by atoms with van der Waals surface area (Å²) < 4.78 is 15.1. The van der Waals surface area contributed by atoms with Crippen LogP contribution in [0.1, 0.15) is 19.3 Å². The average molecular weight is 769 g/mol. The second-order valence-electron chi connectivity index (χ2n) is 13.2. The van der Waals surface area contributed by atoms with Crippen LogP contribution in [0.2, 0.25) is 0 Å². The van der Waals surface area contributed by atoms with Crippen molar-refractivity contribution in [2.24, 2.45) is 5.92 Å². The number of alkyl halides is 1. The van der Waals surface area contributed by atoms with E-state index in [1.807, 2.05) is 84.9 Å². The minimum absolute atomic E-state index is 0.0950. The molecular formula is C39H42BClN6O6S. The molecule has 4 amide bonds. The number of hydrogen-bond acceptors (Lipinski definition) is 9. The van der Waals surface area contributed by atoms with E-state index in [4.69, 9.17) is 26.1 Å². The lowest BCUT2D eigenvalue weighted by Crippen LogP contribution is -2.57. The fourth-order valence-electron chi connectivity index (χ4n) is 6.73. The second-order valence-corrected chi connectivity index (χ2v) is 14.4. The van der Waals surface area contributed by atoms with E-state index < -0.39 is 29.6 Å². The molecule has 15 heteroatoms. The number of amides is 4. The summed E-state index contributed by atoms with van der Waals surface area (Å²) in [5.41, 5.74) is 1.02. The number of benzene rings is 3. The quantitative estimate of drug-likeness (QED) is 0.0583. The van der Waals surface area contributed by atoms with E-state index in [-0.39, 0.29) is 55.5 Å². The molecule has 0 unspecified atom stereocenters. The van der Waals surface area contributed by atoms with Crippen LogP contribution in [-0.4, -0.2) is 91.3 Å². The van der Waals surface area contributed by atoms with Crippen molar-refractivity contribution in [1.82, 2.24) is 30.5 Å². The Morgan fingerprint density at radius 3 is 2.50 bits per heavy atom. The van der Waals surface area contributed by atoms with Crippen LogP contribution in [0.5, 0.6) is 11.5 Å². The van der Waals surface area contributed by atoms with Crippen LogP contribution in [0.25, 0.3) is 22.2 Å². The summed E-state index contributed by atoms with van der Waals surface area (Å²) in [4.78, 5) is 61.2. The van der Waals surface area contributed by atoms with Gasteiger partial charge in [-0.25, -0.2) is 4.98 Å². The van der Waals surface area contributed by atoms with Gasteiger partial charge in [-0.15, -0.1) is 18.2 Å². The number of hydrogen-bond donors (Lipinski definition) is 4. The molecule has 2 fully saturated rings. The van der Waals surface area contributed by atoms with Crippen LogP contribution in [0.4, 0.5) is 0 Å². The van der Waals surface area contributed by atoms with E-state index in [9.17, 15) is 19.2 Å². The maximum Gasteiger partial charge on any atom is 0.256 e. The summed E-state index contributed by atoms with van der Waals surface area (Å²) in [5, 5.41) is 9.48. The first-order valence-electron chi connectivity index (χ1n) is 17.7. The van der Waals surface area contributed by atoms with Crippen LogP contribution in [0.15, 0.2) is 102 Å². The smallest absolute Gasteiger partial charge is 0.256 e. The Balaban J connectivity index is 1.28. The molecule has 3 aromatic carbocycles. The number of ether oxygens (including phenoxy) is 2. The molecule has 0 radical (unpaired) electrons. The molecule has 0 bridgehead atoms. The minimum Gasteiger partial charge on any atom is -0.497 e. The van der Waals surface area contributed by atoms with Crippen molar-refractivity contribution < 1.29 is 28.7 Å². The molecule has 1 aliphatic carbocycles. The van der Waals surface area contributed by atoms with Gasteiger partial charge in [0.2, 0.25) is 17.7 Å². The van der Waals surface area contributed by atoms with Crippen molar-refractivity contribution in [3.63, 3.8) is 0 Å². The second kappa shape index (κ2) is 17.4. The van der Waals surface area contributed by atoms with Gasteiger partial charge >= 0.3 is 0 Å². The normalized spacial score (nSPS) is 20.8. The lowest BCUT2D eigenvalue weighted by atomic mass is 10.1. The SMILES string of the molecule is BN[C@@H](CCNC(=O)CCl)C(=O)N1C[C@H](Oc2cc(-c3ccccc3)nc3cc(OC)ccc23)C[C@H]1C(=O)N[C@]1(C(=O)NSc2ccccc2)C[C@H]1C=C. The van der Waals surface area contributed by atoms with Crippen molar-refractivity contribution in [1.29, 1.82) is 0 Å². The average Bonchev–Trinajstić information content (AvgIpc) is 3.76. The molecule has 2 heterocycles.